The fourth-order valence-electron chi connectivity index (χ4n) is 3.94. The highest BCUT2D eigenvalue weighted by Gasteiger charge is 2.15. The molecule has 4 aromatic rings. The maximum Gasteiger partial charge on any atom is 0.323 e. The summed E-state index contributed by atoms with van der Waals surface area (Å²) in [5, 5.41) is 22.6. The zero-order valence-corrected chi connectivity index (χ0v) is 18.4. The van der Waals surface area contributed by atoms with Crippen LogP contribution in [0, 0.1) is 11.3 Å². The summed E-state index contributed by atoms with van der Waals surface area (Å²) in [4.78, 5) is 24.2. The van der Waals surface area contributed by atoms with Gasteiger partial charge in [-0.15, -0.1) is 0 Å². The average molecular weight is 450 g/mol. The molecule has 1 amide bonds. The summed E-state index contributed by atoms with van der Waals surface area (Å²) in [6.45, 7) is -0.211. The minimum absolute atomic E-state index is 0.0592. The number of nitrogens with zero attached hydrogens (tertiary/aromatic N) is 2. The number of fused-ring (bicyclic) bond motifs is 1. The number of nitriles is 1. The van der Waals surface area contributed by atoms with Gasteiger partial charge in [0.25, 0.3) is 5.91 Å². The number of aromatic nitrogens is 1. The first-order chi connectivity index (χ1) is 16.5. The number of carboxylic acids is 1. The lowest BCUT2D eigenvalue weighted by Crippen LogP contribution is -2.15. The number of carbonyl (C=O) groups is 2. The number of hydrogen-bond acceptors (Lipinski definition) is 3. The molecule has 0 unspecified atom stereocenters. The number of aliphatic carboxylic acids is 1. The highest BCUT2D eigenvalue weighted by atomic mass is 16.4. The van der Waals surface area contributed by atoms with Crippen LogP contribution in [0.4, 0.5) is 5.69 Å². The Bertz CT molecular complexity index is 1410. The number of benzene rings is 3. The molecule has 6 nitrogen and oxygen atoms in total. The second-order valence-corrected chi connectivity index (χ2v) is 7.89. The van der Waals surface area contributed by atoms with E-state index in [4.69, 9.17) is 0 Å². The van der Waals surface area contributed by atoms with Gasteiger partial charge in [-0.05, 0) is 42.2 Å². The van der Waals surface area contributed by atoms with Gasteiger partial charge in [0, 0.05) is 28.4 Å². The fraction of sp³-hybridized carbons (Fsp3) is 0.107. The summed E-state index contributed by atoms with van der Waals surface area (Å²) in [6, 6.07) is 27.0. The lowest BCUT2D eigenvalue weighted by molar-refractivity contribution is -0.137. The van der Waals surface area contributed by atoms with E-state index in [1.54, 1.807) is 10.8 Å². The first-order valence-corrected chi connectivity index (χ1v) is 10.9. The van der Waals surface area contributed by atoms with Crippen LogP contribution < -0.4 is 5.32 Å². The van der Waals surface area contributed by atoms with E-state index in [-0.39, 0.29) is 12.1 Å². The van der Waals surface area contributed by atoms with E-state index in [1.165, 1.54) is 11.6 Å². The van der Waals surface area contributed by atoms with Crippen molar-refractivity contribution in [2.45, 2.75) is 19.4 Å². The summed E-state index contributed by atoms with van der Waals surface area (Å²) in [7, 11) is 0. The minimum atomic E-state index is -0.971. The zero-order valence-electron chi connectivity index (χ0n) is 18.4. The molecule has 0 aliphatic rings. The van der Waals surface area contributed by atoms with Crippen molar-refractivity contribution in [3.63, 3.8) is 0 Å². The van der Waals surface area contributed by atoms with E-state index in [9.17, 15) is 20.0 Å². The van der Waals surface area contributed by atoms with Crippen LogP contribution in [-0.2, 0) is 29.0 Å². The predicted molar refractivity (Wildman–Crippen MR) is 132 cm³/mol. The largest absolute Gasteiger partial charge is 0.480 e. The predicted octanol–water partition coefficient (Wildman–Crippen LogP) is 5.06. The number of rotatable bonds is 8. The van der Waals surface area contributed by atoms with E-state index >= 15 is 0 Å². The molecule has 6 heteroatoms. The molecule has 1 aromatic heterocycles. The van der Waals surface area contributed by atoms with Gasteiger partial charge in [-0.3, -0.25) is 9.59 Å². The third-order valence-electron chi connectivity index (χ3n) is 5.58. The van der Waals surface area contributed by atoms with Gasteiger partial charge in [0.05, 0.1) is 0 Å². The molecular weight excluding hydrogens is 426 g/mol. The number of nitrogens with one attached hydrogen (secondary N) is 1. The van der Waals surface area contributed by atoms with Crippen molar-refractivity contribution in [2.75, 3.05) is 5.32 Å². The molecule has 0 aliphatic heterocycles. The molecule has 3 aromatic carbocycles. The van der Waals surface area contributed by atoms with Crippen LogP contribution in [0.25, 0.3) is 17.0 Å². The Morgan fingerprint density at radius 1 is 0.941 bits per heavy atom. The SMILES string of the molecule is N#C/C(=C\c1cn(CC(=O)O)c2ccccc12)C(=O)Nc1ccccc1CCc1ccccc1. The van der Waals surface area contributed by atoms with E-state index < -0.39 is 11.9 Å². The Morgan fingerprint density at radius 3 is 2.41 bits per heavy atom. The molecular formula is C28H23N3O3. The summed E-state index contributed by atoms with van der Waals surface area (Å²) in [6.07, 6.45) is 4.73. The van der Waals surface area contributed by atoms with E-state index in [1.807, 2.05) is 72.8 Å². The summed E-state index contributed by atoms with van der Waals surface area (Å²) < 4.78 is 1.59. The van der Waals surface area contributed by atoms with Gasteiger partial charge in [-0.2, -0.15) is 5.26 Å². The molecule has 0 atom stereocenters. The van der Waals surface area contributed by atoms with Gasteiger partial charge in [0.2, 0.25) is 0 Å². The second-order valence-electron chi connectivity index (χ2n) is 7.89. The van der Waals surface area contributed by atoms with Crippen molar-refractivity contribution in [3.8, 4) is 6.07 Å². The average Bonchev–Trinajstić information content (AvgIpc) is 3.19. The number of hydrogen-bond donors (Lipinski definition) is 2. The number of carbonyl (C=O) groups excluding carboxylic acids is 1. The van der Waals surface area contributed by atoms with Crippen molar-refractivity contribution in [1.29, 1.82) is 5.26 Å². The van der Waals surface area contributed by atoms with Crippen LogP contribution in [0.5, 0.6) is 0 Å². The minimum Gasteiger partial charge on any atom is -0.480 e. The third-order valence-corrected chi connectivity index (χ3v) is 5.58. The third kappa shape index (κ3) is 5.22. The maximum absolute atomic E-state index is 13.0. The summed E-state index contributed by atoms with van der Waals surface area (Å²) in [5.74, 6) is -1.48. The van der Waals surface area contributed by atoms with Crippen LogP contribution in [-0.4, -0.2) is 21.6 Å². The lowest BCUT2D eigenvalue weighted by Gasteiger charge is -2.11. The molecule has 0 spiro atoms. The monoisotopic (exact) mass is 449 g/mol. The van der Waals surface area contributed by atoms with Gasteiger partial charge in [0.1, 0.15) is 18.2 Å². The molecule has 0 aliphatic carbocycles. The zero-order chi connectivity index (χ0) is 23.9. The molecule has 0 radical (unpaired) electrons. The number of aryl methyl sites for hydroxylation is 2. The van der Waals surface area contributed by atoms with Crippen LogP contribution in [0.2, 0.25) is 0 Å². The molecule has 168 valence electrons. The van der Waals surface area contributed by atoms with Crippen LogP contribution >= 0.6 is 0 Å². The van der Waals surface area contributed by atoms with Crippen LogP contribution in [0.3, 0.4) is 0 Å². The Labute approximate surface area is 197 Å². The highest BCUT2D eigenvalue weighted by molar-refractivity contribution is 6.11. The maximum atomic E-state index is 13.0. The van der Waals surface area contributed by atoms with Crippen molar-refractivity contribution < 1.29 is 14.7 Å². The van der Waals surface area contributed by atoms with E-state index in [2.05, 4.69) is 17.4 Å². The number of carboxylic acid groups (broad SMARTS) is 1. The van der Waals surface area contributed by atoms with Crippen molar-refractivity contribution in [2.24, 2.45) is 0 Å². The molecule has 34 heavy (non-hydrogen) atoms. The summed E-state index contributed by atoms with van der Waals surface area (Å²) >= 11 is 0. The molecule has 2 N–H and O–H groups in total. The summed E-state index contributed by atoms with van der Waals surface area (Å²) in [5.41, 5.74) is 4.13. The Kier molecular flexibility index (Phi) is 6.85. The van der Waals surface area contributed by atoms with Gasteiger partial charge in [-0.1, -0.05) is 66.7 Å². The number of para-hydroxylation sites is 2. The molecule has 0 bridgehead atoms. The molecule has 1 heterocycles. The molecule has 0 fully saturated rings. The molecule has 0 saturated carbocycles. The van der Waals surface area contributed by atoms with Crippen LogP contribution in [0.15, 0.2) is 90.6 Å². The first-order valence-electron chi connectivity index (χ1n) is 10.9. The quantitative estimate of drug-likeness (QED) is 0.290. The molecule has 4 rings (SSSR count). The standard InChI is InChI=1S/C28H23N3O3/c29-17-22(16-23-18-31(19-27(32)33)26-13-7-5-11-24(23)26)28(34)30-25-12-6-4-10-21(25)15-14-20-8-2-1-3-9-20/h1-13,16,18H,14-15,19H2,(H,30,34)(H,32,33)/b22-16+. The second kappa shape index (κ2) is 10.3. The van der Waals surface area contributed by atoms with Crippen molar-refractivity contribution in [1.82, 2.24) is 4.57 Å². The van der Waals surface area contributed by atoms with E-state index in [0.29, 0.717) is 11.3 Å². The first kappa shape index (κ1) is 22.6. The Morgan fingerprint density at radius 2 is 1.65 bits per heavy atom. The van der Waals surface area contributed by atoms with Gasteiger partial charge in [0.15, 0.2) is 0 Å². The van der Waals surface area contributed by atoms with Gasteiger partial charge in [-0.25, -0.2) is 0 Å². The van der Waals surface area contributed by atoms with Crippen LogP contribution in [0.1, 0.15) is 16.7 Å². The topological polar surface area (TPSA) is 95.1 Å². The molecule has 0 saturated heterocycles. The Balaban J connectivity index is 1.58. The van der Waals surface area contributed by atoms with Gasteiger partial charge < -0.3 is 15.0 Å². The van der Waals surface area contributed by atoms with E-state index in [0.717, 1.165) is 29.3 Å². The normalized spacial score (nSPS) is 11.2. The number of anilines is 1. The lowest BCUT2D eigenvalue weighted by atomic mass is 10.0. The fourth-order valence-corrected chi connectivity index (χ4v) is 3.94. The van der Waals surface area contributed by atoms with Crippen molar-refractivity contribution in [3.05, 3.63) is 107 Å². The van der Waals surface area contributed by atoms with Gasteiger partial charge >= 0.3 is 5.97 Å². The van der Waals surface area contributed by atoms with Crippen molar-refractivity contribution >= 4 is 34.5 Å². The Hall–Kier alpha value is -4.63. The smallest absolute Gasteiger partial charge is 0.323 e. The highest BCUT2D eigenvalue weighted by Crippen LogP contribution is 2.24. The number of amides is 1.